The number of piperazine rings is 1. The van der Waals surface area contributed by atoms with Crippen LogP contribution in [0.3, 0.4) is 0 Å². The second-order valence-corrected chi connectivity index (χ2v) is 6.62. The standard InChI is InChI=1S/C18H20F2N4O/c19-18(20)8-15-11-23(6-7-24(15)13-18)17-21-9-16(10-22-17)25-12-14-4-2-1-3-5-14/h1-5,9-10,15H,6-8,11-13H2/t15-/m0/s1. The molecule has 2 aromatic rings. The van der Waals surface area contributed by atoms with Crippen LogP contribution in [0.25, 0.3) is 0 Å². The smallest absolute Gasteiger partial charge is 0.262 e. The number of aromatic nitrogens is 2. The van der Waals surface area contributed by atoms with E-state index in [1.54, 1.807) is 12.4 Å². The summed E-state index contributed by atoms with van der Waals surface area (Å²) in [5.74, 6) is -1.41. The number of anilines is 1. The normalized spacial score (nSPS) is 22.6. The Morgan fingerprint density at radius 3 is 2.64 bits per heavy atom. The van der Waals surface area contributed by atoms with Crippen LogP contribution in [0.15, 0.2) is 42.7 Å². The number of halogens is 2. The minimum atomic E-state index is -2.57. The van der Waals surface area contributed by atoms with E-state index in [1.165, 1.54) is 0 Å². The number of alkyl halides is 2. The molecule has 0 bridgehead atoms. The van der Waals surface area contributed by atoms with Crippen LogP contribution in [0.2, 0.25) is 0 Å². The zero-order valence-corrected chi connectivity index (χ0v) is 13.8. The van der Waals surface area contributed by atoms with Crippen molar-refractivity contribution >= 4 is 5.95 Å². The van der Waals surface area contributed by atoms with Crippen molar-refractivity contribution in [3.63, 3.8) is 0 Å². The number of nitrogens with zero attached hydrogens (tertiary/aromatic N) is 4. The predicted octanol–water partition coefficient (Wildman–Crippen LogP) is 2.59. The van der Waals surface area contributed by atoms with Gasteiger partial charge in [0, 0.05) is 32.1 Å². The molecule has 7 heteroatoms. The van der Waals surface area contributed by atoms with E-state index >= 15 is 0 Å². The van der Waals surface area contributed by atoms with Crippen molar-refractivity contribution in [3.8, 4) is 5.75 Å². The summed E-state index contributed by atoms with van der Waals surface area (Å²) in [7, 11) is 0. The van der Waals surface area contributed by atoms with Crippen LogP contribution >= 0.6 is 0 Å². The number of hydrogen-bond acceptors (Lipinski definition) is 5. The first-order valence-corrected chi connectivity index (χ1v) is 8.45. The lowest BCUT2D eigenvalue weighted by molar-refractivity contribution is 0.0125. The molecule has 3 heterocycles. The summed E-state index contributed by atoms with van der Waals surface area (Å²) < 4.78 is 32.8. The molecule has 0 N–H and O–H groups in total. The number of benzene rings is 1. The monoisotopic (exact) mass is 346 g/mol. The van der Waals surface area contributed by atoms with Gasteiger partial charge in [-0.25, -0.2) is 18.7 Å². The van der Waals surface area contributed by atoms with E-state index in [2.05, 4.69) is 9.97 Å². The van der Waals surface area contributed by atoms with Crippen molar-refractivity contribution in [2.75, 3.05) is 31.1 Å². The third-order valence-corrected chi connectivity index (χ3v) is 4.72. The summed E-state index contributed by atoms with van der Waals surface area (Å²) in [4.78, 5) is 12.5. The Morgan fingerprint density at radius 2 is 1.88 bits per heavy atom. The molecule has 4 rings (SSSR count). The summed E-state index contributed by atoms with van der Waals surface area (Å²) in [6, 6.07) is 9.75. The van der Waals surface area contributed by atoms with Gasteiger partial charge < -0.3 is 9.64 Å². The summed E-state index contributed by atoms with van der Waals surface area (Å²) >= 11 is 0. The summed E-state index contributed by atoms with van der Waals surface area (Å²) in [5.41, 5.74) is 1.07. The van der Waals surface area contributed by atoms with E-state index in [-0.39, 0.29) is 19.0 Å². The van der Waals surface area contributed by atoms with Crippen molar-refractivity contribution in [1.29, 1.82) is 0 Å². The van der Waals surface area contributed by atoms with Gasteiger partial charge in [-0.1, -0.05) is 30.3 Å². The van der Waals surface area contributed by atoms with E-state index < -0.39 is 5.92 Å². The number of ether oxygens (including phenoxy) is 1. The van der Waals surface area contributed by atoms with Crippen molar-refractivity contribution in [3.05, 3.63) is 48.3 Å². The Hall–Kier alpha value is -2.28. The average molecular weight is 346 g/mol. The quantitative estimate of drug-likeness (QED) is 0.851. The number of rotatable bonds is 4. The molecule has 2 fully saturated rings. The minimum absolute atomic E-state index is 0.0816. The molecule has 132 valence electrons. The van der Waals surface area contributed by atoms with E-state index in [4.69, 9.17) is 4.74 Å². The minimum Gasteiger partial charge on any atom is -0.486 e. The molecule has 1 aromatic carbocycles. The van der Waals surface area contributed by atoms with Crippen LogP contribution in [-0.4, -0.2) is 53.0 Å². The highest BCUT2D eigenvalue weighted by atomic mass is 19.3. The molecular weight excluding hydrogens is 326 g/mol. The molecule has 5 nitrogen and oxygen atoms in total. The van der Waals surface area contributed by atoms with Crippen LogP contribution in [0, 0.1) is 0 Å². The summed E-state index contributed by atoms with van der Waals surface area (Å²) in [6.45, 7) is 2.16. The fraction of sp³-hybridized carbons (Fsp3) is 0.444. The topological polar surface area (TPSA) is 41.5 Å². The van der Waals surface area contributed by atoms with Crippen LogP contribution in [-0.2, 0) is 6.61 Å². The van der Waals surface area contributed by atoms with E-state index in [1.807, 2.05) is 40.1 Å². The second-order valence-electron chi connectivity index (χ2n) is 6.62. The van der Waals surface area contributed by atoms with E-state index in [0.29, 0.717) is 37.9 Å². The van der Waals surface area contributed by atoms with Gasteiger partial charge in [0.2, 0.25) is 5.95 Å². The van der Waals surface area contributed by atoms with Crippen LogP contribution in [0.4, 0.5) is 14.7 Å². The highest BCUT2D eigenvalue weighted by Gasteiger charge is 2.47. The fourth-order valence-corrected chi connectivity index (χ4v) is 3.47. The third-order valence-electron chi connectivity index (χ3n) is 4.72. The van der Waals surface area contributed by atoms with Gasteiger partial charge in [0.25, 0.3) is 5.92 Å². The van der Waals surface area contributed by atoms with Gasteiger partial charge in [0.15, 0.2) is 5.75 Å². The SMILES string of the molecule is FC1(F)C[C@H]2CN(c3ncc(OCc4ccccc4)cn3)CCN2C1. The highest BCUT2D eigenvalue weighted by Crippen LogP contribution is 2.34. The molecule has 2 saturated heterocycles. The van der Waals surface area contributed by atoms with Crippen LogP contribution in [0.1, 0.15) is 12.0 Å². The average Bonchev–Trinajstić information content (AvgIpc) is 2.94. The molecule has 0 unspecified atom stereocenters. The van der Waals surface area contributed by atoms with Crippen LogP contribution in [0.5, 0.6) is 5.75 Å². The molecule has 0 saturated carbocycles. The van der Waals surface area contributed by atoms with Gasteiger partial charge in [-0.15, -0.1) is 0 Å². The first-order valence-electron chi connectivity index (χ1n) is 8.45. The Bertz CT molecular complexity index is 711. The van der Waals surface area contributed by atoms with Gasteiger partial charge in [0.05, 0.1) is 18.9 Å². The molecule has 2 aliphatic heterocycles. The Kier molecular flexibility index (Phi) is 4.25. The summed E-state index contributed by atoms with van der Waals surface area (Å²) in [5, 5.41) is 0. The Labute approximate surface area is 145 Å². The maximum Gasteiger partial charge on any atom is 0.262 e. The van der Waals surface area contributed by atoms with Crippen molar-refractivity contribution < 1.29 is 13.5 Å². The number of fused-ring (bicyclic) bond motifs is 1. The maximum absolute atomic E-state index is 13.5. The van der Waals surface area contributed by atoms with Gasteiger partial charge in [-0.3, -0.25) is 4.90 Å². The highest BCUT2D eigenvalue weighted by molar-refractivity contribution is 5.33. The Balaban J connectivity index is 1.36. The van der Waals surface area contributed by atoms with Gasteiger partial charge in [-0.05, 0) is 5.56 Å². The van der Waals surface area contributed by atoms with Gasteiger partial charge in [-0.2, -0.15) is 0 Å². The first kappa shape index (κ1) is 16.2. The molecule has 0 aliphatic carbocycles. The lowest BCUT2D eigenvalue weighted by Crippen LogP contribution is -2.50. The number of hydrogen-bond donors (Lipinski definition) is 0. The molecular formula is C18H20F2N4O. The van der Waals surface area contributed by atoms with Crippen LogP contribution < -0.4 is 9.64 Å². The second kappa shape index (κ2) is 6.55. The van der Waals surface area contributed by atoms with E-state index in [0.717, 1.165) is 5.56 Å². The lowest BCUT2D eigenvalue weighted by atomic mass is 10.1. The summed E-state index contributed by atoms with van der Waals surface area (Å²) in [6.07, 6.45) is 3.20. The molecule has 2 aliphatic rings. The molecule has 0 radical (unpaired) electrons. The zero-order chi connectivity index (χ0) is 17.3. The molecule has 25 heavy (non-hydrogen) atoms. The van der Waals surface area contributed by atoms with Crippen molar-refractivity contribution in [2.45, 2.75) is 25.0 Å². The largest absolute Gasteiger partial charge is 0.486 e. The van der Waals surface area contributed by atoms with Crippen molar-refractivity contribution in [2.24, 2.45) is 0 Å². The van der Waals surface area contributed by atoms with E-state index in [9.17, 15) is 8.78 Å². The first-order chi connectivity index (χ1) is 12.1. The van der Waals surface area contributed by atoms with Gasteiger partial charge >= 0.3 is 0 Å². The van der Waals surface area contributed by atoms with Crippen molar-refractivity contribution in [1.82, 2.24) is 14.9 Å². The third kappa shape index (κ3) is 3.71. The Morgan fingerprint density at radius 1 is 1.12 bits per heavy atom. The maximum atomic E-state index is 13.5. The molecule has 1 aromatic heterocycles. The zero-order valence-electron chi connectivity index (χ0n) is 13.8. The predicted molar refractivity (Wildman–Crippen MR) is 89.9 cm³/mol. The van der Waals surface area contributed by atoms with Gasteiger partial charge in [0.1, 0.15) is 6.61 Å². The fourth-order valence-electron chi connectivity index (χ4n) is 3.47. The molecule has 0 spiro atoms. The molecule has 1 atom stereocenters. The lowest BCUT2D eigenvalue weighted by Gasteiger charge is -2.36. The molecule has 0 amide bonds.